The average Bonchev–Trinajstić information content (AvgIpc) is 2.47. The second-order valence-corrected chi connectivity index (χ2v) is 4.86. The fraction of sp³-hybridized carbons (Fsp3) is 0.278. The molecule has 0 bridgehead atoms. The van der Waals surface area contributed by atoms with Crippen LogP contribution in [-0.2, 0) is 17.8 Å². The lowest BCUT2D eigenvalue weighted by atomic mass is 10.0. The third-order valence-electron chi connectivity index (χ3n) is 3.14. The molecule has 21 heavy (non-hydrogen) atoms. The summed E-state index contributed by atoms with van der Waals surface area (Å²) in [5, 5.41) is 8.88. The largest absolute Gasteiger partial charge is 0.489 e. The van der Waals surface area contributed by atoms with Crippen LogP contribution in [0.3, 0.4) is 0 Å². The van der Waals surface area contributed by atoms with Crippen molar-refractivity contribution < 1.29 is 14.6 Å². The smallest absolute Gasteiger partial charge is 0.306 e. The summed E-state index contributed by atoms with van der Waals surface area (Å²) < 4.78 is 5.68. The van der Waals surface area contributed by atoms with Crippen LogP contribution in [0.2, 0.25) is 0 Å². The molecule has 0 amide bonds. The average molecular weight is 286 g/mol. The molecule has 3 nitrogen and oxygen atoms in total. The molecule has 112 valence electrons. The van der Waals surface area contributed by atoms with Gasteiger partial charge in [-0.2, -0.15) is 0 Å². The molecule has 0 fully saturated rings. The summed E-state index contributed by atoms with van der Waals surface area (Å²) in [6.45, 7) is 2.24. The van der Waals surface area contributed by atoms with E-state index >= 15 is 0 Å². The summed E-state index contributed by atoms with van der Waals surface area (Å²) in [6.07, 6.45) is 0.536. The highest BCUT2D eigenvalue weighted by atomic mass is 16.5. The highest BCUT2D eigenvalue weighted by Crippen LogP contribution is 2.16. The summed E-state index contributed by atoms with van der Waals surface area (Å²) in [7, 11) is 0. The van der Waals surface area contributed by atoms with Gasteiger partial charge in [0, 0.05) is 0 Å². The molecule has 0 aliphatic carbocycles. The summed E-state index contributed by atoms with van der Waals surface area (Å²) in [5.41, 5.74) is 2.13. The Kier molecular flexibility index (Phi) is 6.47. The van der Waals surface area contributed by atoms with Crippen LogP contribution >= 0.6 is 0 Å². The molecule has 0 aromatic heterocycles. The molecule has 2 aromatic carbocycles. The Morgan fingerprint density at radius 3 is 2.24 bits per heavy atom. The van der Waals surface area contributed by atoms with Gasteiger partial charge in [-0.15, -0.1) is 0 Å². The number of benzene rings is 2. The molecule has 0 saturated carbocycles. The van der Waals surface area contributed by atoms with Crippen LogP contribution in [0.1, 0.15) is 25.5 Å². The van der Waals surface area contributed by atoms with Crippen molar-refractivity contribution in [3.63, 3.8) is 0 Å². The van der Waals surface area contributed by atoms with E-state index < -0.39 is 5.97 Å². The maximum Gasteiger partial charge on any atom is 0.306 e. The Labute approximate surface area is 126 Å². The third kappa shape index (κ3) is 5.30. The SMILES string of the molecule is C.C[C@@H](Cc1ccc(OCc2ccccc2)cc1)C(=O)O. The minimum Gasteiger partial charge on any atom is -0.489 e. The van der Waals surface area contributed by atoms with Gasteiger partial charge in [0.2, 0.25) is 0 Å². The highest BCUT2D eigenvalue weighted by Gasteiger charge is 2.11. The molecule has 1 atom stereocenters. The summed E-state index contributed by atoms with van der Waals surface area (Å²) >= 11 is 0. The molecule has 0 heterocycles. The quantitative estimate of drug-likeness (QED) is 0.867. The van der Waals surface area contributed by atoms with E-state index in [4.69, 9.17) is 9.84 Å². The Morgan fingerprint density at radius 2 is 1.67 bits per heavy atom. The van der Waals surface area contributed by atoms with Crippen LogP contribution in [-0.4, -0.2) is 11.1 Å². The van der Waals surface area contributed by atoms with Crippen molar-refractivity contribution in [3.8, 4) is 5.75 Å². The molecule has 3 heteroatoms. The van der Waals surface area contributed by atoms with E-state index in [9.17, 15) is 4.79 Å². The van der Waals surface area contributed by atoms with Gasteiger partial charge in [0.25, 0.3) is 0 Å². The number of ether oxygens (including phenoxy) is 1. The van der Waals surface area contributed by atoms with Gasteiger partial charge in [0.1, 0.15) is 12.4 Å². The molecule has 0 aliphatic rings. The molecule has 0 spiro atoms. The zero-order valence-electron chi connectivity index (χ0n) is 11.5. The molecule has 2 aromatic rings. The highest BCUT2D eigenvalue weighted by molar-refractivity contribution is 5.69. The van der Waals surface area contributed by atoms with Gasteiger partial charge in [-0.3, -0.25) is 4.79 Å². The lowest BCUT2D eigenvalue weighted by molar-refractivity contribution is -0.141. The van der Waals surface area contributed by atoms with E-state index in [2.05, 4.69) is 0 Å². The van der Waals surface area contributed by atoms with E-state index in [-0.39, 0.29) is 13.3 Å². The molecule has 1 N–H and O–H groups in total. The molecule has 0 unspecified atom stereocenters. The molecule has 0 radical (unpaired) electrons. The standard InChI is InChI=1S/C17H18O3.CH4/c1-13(17(18)19)11-14-7-9-16(10-8-14)20-12-15-5-3-2-4-6-15;/h2-10,13H,11-12H2,1H3,(H,18,19);1H4/t13-;/m0./s1. The number of rotatable bonds is 6. The van der Waals surface area contributed by atoms with Crippen LogP contribution in [0, 0.1) is 5.92 Å². The zero-order chi connectivity index (χ0) is 14.4. The van der Waals surface area contributed by atoms with Crippen LogP contribution in [0.25, 0.3) is 0 Å². The monoisotopic (exact) mass is 286 g/mol. The van der Waals surface area contributed by atoms with Crippen molar-refractivity contribution in [1.82, 2.24) is 0 Å². The Balaban J connectivity index is 0.00000220. The molecule has 0 saturated heterocycles. The van der Waals surface area contributed by atoms with Crippen molar-refractivity contribution in [2.75, 3.05) is 0 Å². The van der Waals surface area contributed by atoms with E-state index in [0.29, 0.717) is 13.0 Å². The number of carboxylic acid groups (broad SMARTS) is 1. The minimum absolute atomic E-state index is 0. The Hall–Kier alpha value is -2.29. The fourth-order valence-corrected chi connectivity index (χ4v) is 1.90. The second kappa shape index (κ2) is 8.10. The lowest BCUT2D eigenvalue weighted by Crippen LogP contribution is -2.12. The van der Waals surface area contributed by atoms with Crippen LogP contribution in [0.4, 0.5) is 0 Å². The minimum atomic E-state index is -0.769. The van der Waals surface area contributed by atoms with Gasteiger partial charge in [0.05, 0.1) is 5.92 Å². The third-order valence-corrected chi connectivity index (χ3v) is 3.14. The van der Waals surface area contributed by atoms with Crippen molar-refractivity contribution >= 4 is 5.97 Å². The van der Waals surface area contributed by atoms with Crippen LogP contribution < -0.4 is 4.74 Å². The number of carbonyl (C=O) groups is 1. The summed E-state index contributed by atoms with van der Waals surface area (Å²) in [5.74, 6) is -0.346. The molecule has 0 aliphatic heterocycles. The number of hydrogen-bond donors (Lipinski definition) is 1. The normalized spacial score (nSPS) is 11.3. The van der Waals surface area contributed by atoms with Gasteiger partial charge >= 0.3 is 5.97 Å². The number of carboxylic acids is 1. The molecule has 2 rings (SSSR count). The van der Waals surface area contributed by atoms with E-state index in [1.165, 1.54) is 0 Å². The lowest BCUT2D eigenvalue weighted by Gasteiger charge is -2.09. The Morgan fingerprint density at radius 1 is 1.05 bits per heavy atom. The summed E-state index contributed by atoms with van der Waals surface area (Å²) in [4.78, 5) is 10.8. The van der Waals surface area contributed by atoms with Crippen molar-refractivity contribution in [3.05, 3.63) is 65.7 Å². The maximum absolute atomic E-state index is 10.8. The van der Waals surface area contributed by atoms with Crippen LogP contribution in [0.15, 0.2) is 54.6 Å². The van der Waals surface area contributed by atoms with Gasteiger partial charge in [0.15, 0.2) is 0 Å². The molecular formula is C18H22O3. The van der Waals surface area contributed by atoms with Crippen molar-refractivity contribution in [2.24, 2.45) is 5.92 Å². The number of aliphatic carboxylic acids is 1. The van der Waals surface area contributed by atoms with E-state index in [1.807, 2.05) is 54.6 Å². The first-order chi connectivity index (χ1) is 9.65. The first-order valence-electron chi connectivity index (χ1n) is 6.63. The van der Waals surface area contributed by atoms with Gasteiger partial charge in [-0.1, -0.05) is 56.8 Å². The van der Waals surface area contributed by atoms with Gasteiger partial charge in [-0.25, -0.2) is 0 Å². The predicted octanol–water partition coefficient (Wildman–Crippen LogP) is 4.16. The van der Waals surface area contributed by atoms with E-state index in [0.717, 1.165) is 16.9 Å². The van der Waals surface area contributed by atoms with Gasteiger partial charge < -0.3 is 9.84 Å². The predicted molar refractivity (Wildman–Crippen MR) is 84.5 cm³/mol. The molecular weight excluding hydrogens is 264 g/mol. The zero-order valence-corrected chi connectivity index (χ0v) is 11.5. The first-order valence-corrected chi connectivity index (χ1v) is 6.63. The van der Waals surface area contributed by atoms with Crippen molar-refractivity contribution in [2.45, 2.75) is 27.4 Å². The number of hydrogen-bond acceptors (Lipinski definition) is 2. The second-order valence-electron chi connectivity index (χ2n) is 4.86. The topological polar surface area (TPSA) is 46.5 Å². The van der Waals surface area contributed by atoms with Crippen LogP contribution in [0.5, 0.6) is 5.75 Å². The summed E-state index contributed by atoms with van der Waals surface area (Å²) in [6, 6.07) is 17.6. The first kappa shape index (κ1) is 16.8. The fourth-order valence-electron chi connectivity index (χ4n) is 1.90. The maximum atomic E-state index is 10.8. The van der Waals surface area contributed by atoms with Gasteiger partial charge in [-0.05, 0) is 29.7 Å². The van der Waals surface area contributed by atoms with Crippen molar-refractivity contribution in [1.29, 1.82) is 0 Å². The Bertz CT molecular complexity index is 546. The van der Waals surface area contributed by atoms with E-state index in [1.54, 1.807) is 6.92 Å².